The number of halogens is 1. The number of nitrogens with zero attached hydrogens (tertiary/aromatic N) is 1. The molecule has 0 spiro atoms. The van der Waals surface area contributed by atoms with Gasteiger partial charge in [0, 0.05) is 16.9 Å². The van der Waals surface area contributed by atoms with Crippen LogP contribution in [0.15, 0.2) is 40.9 Å². The Hall–Kier alpha value is -1.21. The Bertz CT molecular complexity index is 783. The fraction of sp³-hybridized carbons (Fsp3) is 0.679. The van der Waals surface area contributed by atoms with E-state index in [1.807, 2.05) is 45.1 Å². The zero-order chi connectivity index (χ0) is 24.4. The van der Waals surface area contributed by atoms with Crippen LogP contribution in [0.4, 0.5) is 0 Å². The number of ether oxygens (including phenoxy) is 3. The van der Waals surface area contributed by atoms with Gasteiger partial charge in [-0.2, -0.15) is 0 Å². The minimum absolute atomic E-state index is 0.0701. The molecule has 1 unspecified atom stereocenters. The van der Waals surface area contributed by atoms with Gasteiger partial charge in [0.1, 0.15) is 5.60 Å². The number of carbonyl (C=O) groups is 1. The number of allylic oxidation sites excluding steroid dienone is 1. The number of benzene rings is 1. The van der Waals surface area contributed by atoms with E-state index in [0.29, 0.717) is 32.1 Å². The van der Waals surface area contributed by atoms with Crippen molar-refractivity contribution in [1.29, 1.82) is 0 Å². The van der Waals surface area contributed by atoms with Crippen LogP contribution in [0.2, 0.25) is 0 Å². The van der Waals surface area contributed by atoms with Crippen LogP contribution in [0.25, 0.3) is 0 Å². The van der Waals surface area contributed by atoms with Crippen molar-refractivity contribution in [2.24, 2.45) is 0 Å². The zero-order valence-electron chi connectivity index (χ0n) is 21.1. The minimum atomic E-state index is -0.431. The highest BCUT2D eigenvalue weighted by atomic mass is 79.9. The maximum atomic E-state index is 11.9. The van der Waals surface area contributed by atoms with E-state index in [-0.39, 0.29) is 18.2 Å². The van der Waals surface area contributed by atoms with Gasteiger partial charge < -0.3 is 14.2 Å². The molecule has 1 aliphatic carbocycles. The first kappa shape index (κ1) is 27.4. The smallest absolute Gasteiger partial charge is 0.306 e. The molecule has 0 radical (unpaired) electrons. The predicted molar refractivity (Wildman–Crippen MR) is 140 cm³/mol. The molecular formula is C28H42BrNO4. The molecule has 1 aromatic rings. The quantitative estimate of drug-likeness (QED) is 0.255. The number of likely N-dealkylation sites (tertiary alicyclic amines) is 1. The molecule has 1 heterocycles. The lowest BCUT2D eigenvalue weighted by molar-refractivity contribution is -0.154. The third-order valence-corrected chi connectivity index (χ3v) is 6.94. The molecular weight excluding hydrogens is 494 g/mol. The maximum absolute atomic E-state index is 11.9. The van der Waals surface area contributed by atoms with Crippen LogP contribution in [0, 0.1) is 0 Å². The van der Waals surface area contributed by atoms with E-state index in [4.69, 9.17) is 14.2 Å². The van der Waals surface area contributed by atoms with Gasteiger partial charge in [-0.05, 0) is 83.7 Å². The minimum Gasteiger partial charge on any atom is -0.460 e. The van der Waals surface area contributed by atoms with Crippen molar-refractivity contribution in [2.75, 3.05) is 19.7 Å². The van der Waals surface area contributed by atoms with Crippen LogP contribution in [0.1, 0.15) is 77.7 Å². The molecule has 6 heteroatoms. The summed E-state index contributed by atoms with van der Waals surface area (Å²) in [5.41, 5.74) is 0.743. The van der Waals surface area contributed by atoms with Gasteiger partial charge in [0.25, 0.3) is 0 Å². The molecule has 1 saturated heterocycles. The van der Waals surface area contributed by atoms with Gasteiger partial charge in [0.15, 0.2) is 0 Å². The summed E-state index contributed by atoms with van der Waals surface area (Å²) in [4.78, 5) is 14.5. The molecule has 2 aliphatic rings. The lowest BCUT2D eigenvalue weighted by Crippen LogP contribution is -2.45. The fourth-order valence-corrected chi connectivity index (χ4v) is 5.35. The largest absolute Gasteiger partial charge is 0.460 e. The van der Waals surface area contributed by atoms with Crippen LogP contribution in [0.3, 0.4) is 0 Å². The van der Waals surface area contributed by atoms with Gasteiger partial charge in [0.2, 0.25) is 0 Å². The Morgan fingerprint density at radius 3 is 2.56 bits per heavy atom. The Balaban J connectivity index is 1.53. The van der Waals surface area contributed by atoms with E-state index in [9.17, 15) is 4.79 Å². The zero-order valence-corrected chi connectivity index (χ0v) is 22.7. The highest BCUT2D eigenvalue weighted by Crippen LogP contribution is 2.32. The van der Waals surface area contributed by atoms with Crippen LogP contribution in [-0.4, -0.2) is 54.4 Å². The van der Waals surface area contributed by atoms with Crippen molar-refractivity contribution in [3.05, 3.63) is 46.5 Å². The van der Waals surface area contributed by atoms with E-state index in [2.05, 4.69) is 33.0 Å². The molecule has 34 heavy (non-hydrogen) atoms. The molecule has 3 rings (SSSR count). The molecule has 5 nitrogen and oxygen atoms in total. The van der Waals surface area contributed by atoms with E-state index >= 15 is 0 Å². The Morgan fingerprint density at radius 1 is 1.09 bits per heavy atom. The average molecular weight is 537 g/mol. The van der Waals surface area contributed by atoms with Gasteiger partial charge in [0.05, 0.1) is 25.4 Å². The Morgan fingerprint density at radius 2 is 1.85 bits per heavy atom. The fourth-order valence-electron chi connectivity index (χ4n) is 4.90. The summed E-state index contributed by atoms with van der Waals surface area (Å²) in [7, 11) is 0. The van der Waals surface area contributed by atoms with Crippen molar-refractivity contribution in [3.8, 4) is 0 Å². The topological polar surface area (TPSA) is 48.0 Å². The Kier molecular flexibility index (Phi) is 11.1. The van der Waals surface area contributed by atoms with E-state index in [0.717, 1.165) is 30.4 Å². The lowest BCUT2D eigenvalue weighted by atomic mass is 10.1. The summed E-state index contributed by atoms with van der Waals surface area (Å²) in [6.45, 7) is 9.15. The van der Waals surface area contributed by atoms with Gasteiger partial charge in [-0.1, -0.05) is 53.1 Å². The third-order valence-electron chi connectivity index (χ3n) is 6.44. The van der Waals surface area contributed by atoms with Gasteiger partial charge in [-0.25, -0.2) is 0 Å². The molecule has 0 aromatic heterocycles. The van der Waals surface area contributed by atoms with Crippen LogP contribution in [-0.2, 0) is 25.6 Å². The first-order valence-electron chi connectivity index (χ1n) is 12.9. The molecule has 190 valence electrons. The highest BCUT2D eigenvalue weighted by Gasteiger charge is 2.40. The van der Waals surface area contributed by atoms with Crippen LogP contribution >= 0.6 is 15.9 Å². The van der Waals surface area contributed by atoms with Crippen molar-refractivity contribution in [3.63, 3.8) is 0 Å². The molecule has 3 atom stereocenters. The number of carbonyl (C=O) groups excluding carboxylic acids is 1. The normalized spacial score (nSPS) is 24.4. The monoisotopic (exact) mass is 535 g/mol. The molecule has 0 amide bonds. The third kappa shape index (κ3) is 9.44. The van der Waals surface area contributed by atoms with Crippen molar-refractivity contribution < 1.29 is 19.0 Å². The van der Waals surface area contributed by atoms with E-state index in [1.54, 1.807) is 0 Å². The molecule has 1 aromatic carbocycles. The molecule has 1 aliphatic heterocycles. The number of hydrogen-bond acceptors (Lipinski definition) is 5. The van der Waals surface area contributed by atoms with Gasteiger partial charge in [-0.15, -0.1) is 0 Å². The summed E-state index contributed by atoms with van der Waals surface area (Å²) >= 11 is 3.55. The Labute approximate surface area is 214 Å². The summed E-state index contributed by atoms with van der Waals surface area (Å²) in [6.07, 6.45) is 12.7. The standard InChI is InChI=1S/C28H42BrNO4/c1-28(2,3)34-26(31)14-7-6-10-19-32-27-24(30-17-8-4-5-9-18-30)15-16-25(27)33-21-22-12-11-13-23(29)20-22/h6,10-13,20,24-25,27H,4-5,7-9,14-19,21H2,1-3H3/b10-6-/t24-,25+,27?/m0/s1. The maximum Gasteiger partial charge on any atom is 0.306 e. The lowest BCUT2D eigenvalue weighted by Gasteiger charge is -2.33. The van der Waals surface area contributed by atoms with Crippen LogP contribution < -0.4 is 0 Å². The van der Waals surface area contributed by atoms with Crippen molar-refractivity contribution >= 4 is 21.9 Å². The second kappa shape index (κ2) is 13.8. The average Bonchev–Trinajstić information content (AvgIpc) is 2.97. The summed E-state index contributed by atoms with van der Waals surface area (Å²) in [6, 6.07) is 8.73. The SMILES string of the molecule is CC(C)(C)OC(=O)CC/C=C\COC1[C@H](OCc2cccc(Br)c2)CC[C@@H]1N1CCCCCC1. The molecule has 0 bridgehead atoms. The second-order valence-electron chi connectivity index (χ2n) is 10.5. The summed E-state index contributed by atoms with van der Waals surface area (Å²) < 4.78 is 19.3. The number of hydrogen-bond donors (Lipinski definition) is 0. The van der Waals surface area contributed by atoms with Crippen LogP contribution in [0.5, 0.6) is 0 Å². The first-order chi connectivity index (χ1) is 16.3. The highest BCUT2D eigenvalue weighted by molar-refractivity contribution is 9.10. The van der Waals surface area contributed by atoms with E-state index < -0.39 is 5.60 Å². The molecule has 0 N–H and O–H groups in total. The van der Waals surface area contributed by atoms with Gasteiger partial charge >= 0.3 is 5.97 Å². The van der Waals surface area contributed by atoms with Crippen molar-refractivity contribution in [2.45, 2.75) is 103 Å². The second-order valence-corrected chi connectivity index (χ2v) is 11.4. The van der Waals surface area contributed by atoms with E-state index in [1.165, 1.54) is 31.2 Å². The molecule has 2 fully saturated rings. The predicted octanol–water partition coefficient (Wildman–Crippen LogP) is 6.44. The number of rotatable bonds is 10. The van der Waals surface area contributed by atoms with Gasteiger partial charge in [-0.3, -0.25) is 9.69 Å². The first-order valence-corrected chi connectivity index (χ1v) is 13.7. The summed E-state index contributed by atoms with van der Waals surface area (Å²) in [5, 5.41) is 0. The molecule has 1 saturated carbocycles. The summed E-state index contributed by atoms with van der Waals surface area (Å²) in [5.74, 6) is -0.156. The number of esters is 1. The van der Waals surface area contributed by atoms with Crippen molar-refractivity contribution in [1.82, 2.24) is 4.90 Å².